The normalized spacial score (nSPS) is 15.0. The SMILES string of the molecule is CC(C)[C@@H](NS(=O)(=O)Cc1ccc(F)cc1)C(=O)N1CCc2ccccc21. The Morgan fingerprint density at radius 3 is 2.48 bits per heavy atom. The molecule has 5 nitrogen and oxygen atoms in total. The molecule has 27 heavy (non-hydrogen) atoms. The molecule has 0 fully saturated rings. The van der Waals surface area contributed by atoms with Crippen molar-refractivity contribution in [3.8, 4) is 0 Å². The Morgan fingerprint density at radius 1 is 1.15 bits per heavy atom. The second kappa shape index (κ2) is 7.78. The number of para-hydroxylation sites is 1. The highest BCUT2D eigenvalue weighted by Crippen LogP contribution is 2.28. The van der Waals surface area contributed by atoms with Gasteiger partial charge >= 0.3 is 0 Å². The van der Waals surface area contributed by atoms with E-state index in [4.69, 9.17) is 0 Å². The topological polar surface area (TPSA) is 66.5 Å². The minimum Gasteiger partial charge on any atom is -0.310 e. The minimum atomic E-state index is -3.76. The number of hydrogen-bond acceptors (Lipinski definition) is 3. The third-order valence-electron chi connectivity index (χ3n) is 4.66. The molecule has 0 saturated heterocycles. The second-order valence-corrected chi connectivity index (χ2v) is 8.85. The molecule has 0 radical (unpaired) electrons. The molecule has 1 N–H and O–H groups in total. The van der Waals surface area contributed by atoms with E-state index in [2.05, 4.69) is 4.72 Å². The van der Waals surface area contributed by atoms with Gasteiger partial charge in [0.25, 0.3) is 0 Å². The fourth-order valence-corrected chi connectivity index (χ4v) is 4.72. The first-order valence-corrected chi connectivity index (χ1v) is 10.6. The van der Waals surface area contributed by atoms with Crippen LogP contribution in [0, 0.1) is 11.7 Å². The van der Waals surface area contributed by atoms with Gasteiger partial charge in [-0.25, -0.2) is 17.5 Å². The number of carbonyl (C=O) groups excluding carboxylic acids is 1. The molecule has 2 aromatic carbocycles. The summed E-state index contributed by atoms with van der Waals surface area (Å²) >= 11 is 0. The summed E-state index contributed by atoms with van der Waals surface area (Å²) in [6.45, 7) is 4.16. The standard InChI is InChI=1S/C20H23FN2O3S/c1-14(2)19(20(24)23-12-11-16-5-3-4-6-18(16)23)22-27(25,26)13-15-7-9-17(21)10-8-15/h3-10,14,19,22H,11-13H2,1-2H3/t19-/m1/s1. The summed E-state index contributed by atoms with van der Waals surface area (Å²) in [4.78, 5) is 14.7. The summed E-state index contributed by atoms with van der Waals surface area (Å²) in [7, 11) is -3.76. The van der Waals surface area contributed by atoms with Crippen LogP contribution < -0.4 is 9.62 Å². The predicted molar refractivity (Wildman–Crippen MR) is 103 cm³/mol. The Balaban J connectivity index is 1.77. The number of anilines is 1. The van der Waals surface area contributed by atoms with Gasteiger partial charge < -0.3 is 4.90 Å². The number of carbonyl (C=O) groups is 1. The molecule has 3 rings (SSSR count). The van der Waals surface area contributed by atoms with Crippen LogP contribution in [0.25, 0.3) is 0 Å². The van der Waals surface area contributed by atoms with Crippen LogP contribution in [0.4, 0.5) is 10.1 Å². The number of benzene rings is 2. The second-order valence-electron chi connectivity index (χ2n) is 7.09. The largest absolute Gasteiger partial charge is 0.310 e. The molecule has 0 unspecified atom stereocenters. The number of halogens is 1. The first-order valence-electron chi connectivity index (χ1n) is 8.90. The first-order chi connectivity index (χ1) is 12.8. The number of amides is 1. The maximum Gasteiger partial charge on any atom is 0.245 e. The van der Waals surface area contributed by atoms with Gasteiger partial charge in [-0.2, -0.15) is 0 Å². The predicted octanol–water partition coefficient (Wildman–Crippen LogP) is 2.86. The smallest absolute Gasteiger partial charge is 0.245 e. The van der Waals surface area contributed by atoms with Crippen molar-refractivity contribution in [2.45, 2.75) is 32.1 Å². The minimum absolute atomic E-state index is 0.215. The third-order valence-corrected chi connectivity index (χ3v) is 5.99. The molecular formula is C20H23FN2O3S. The summed E-state index contributed by atoms with van der Waals surface area (Å²) < 4.78 is 40.7. The molecule has 0 aliphatic carbocycles. The summed E-state index contributed by atoms with van der Waals surface area (Å²) in [6.07, 6.45) is 0.759. The van der Waals surface area contributed by atoms with Crippen LogP contribution >= 0.6 is 0 Å². The van der Waals surface area contributed by atoms with E-state index in [9.17, 15) is 17.6 Å². The zero-order valence-corrected chi connectivity index (χ0v) is 16.2. The van der Waals surface area contributed by atoms with E-state index in [-0.39, 0.29) is 17.6 Å². The highest BCUT2D eigenvalue weighted by molar-refractivity contribution is 7.88. The molecular weight excluding hydrogens is 367 g/mol. The summed E-state index contributed by atoms with van der Waals surface area (Å²) in [5.41, 5.74) is 2.39. The number of hydrogen-bond donors (Lipinski definition) is 1. The van der Waals surface area contributed by atoms with Gasteiger partial charge in [0.05, 0.1) is 5.75 Å². The first kappa shape index (κ1) is 19.5. The molecule has 0 saturated carbocycles. The maximum atomic E-state index is 13.1. The molecule has 1 amide bonds. The number of rotatable bonds is 6. The van der Waals surface area contributed by atoms with E-state index in [1.165, 1.54) is 24.3 Å². The lowest BCUT2D eigenvalue weighted by atomic mass is 10.0. The lowest BCUT2D eigenvalue weighted by Gasteiger charge is -2.27. The van der Waals surface area contributed by atoms with Crippen LogP contribution in [0.5, 0.6) is 0 Å². The zero-order chi connectivity index (χ0) is 19.6. The summed E-state index contributed by atoms with van der Waals surface area (Å²) in [5, 5.41) is 0. The molecule has 1 heterocycles. The molecule has 2 aromatic rings. The van der Waals surface area contributed by atoms with Gasteiger partial charge in [-0.1, -0.05) is 44.2 Å². The molecule has 0 bridgehead atoms. The fourth-order valence-electron chi connectivity index (χ4n) is 3.24. The molecule has 0 aromatic heterocycles. The average Bonchev–Trinajstić information content (AvgIpc) is 3.05. The molecule has 1 aliphatic heterocycles. The van der Waals surface area contributed by atoms with Crippen LogP contribution in [-0.2, 0) is 27.0 Å². The third kappa shape index (κ3) is 4.54. The van der Waals surface area contributed by atoms with Crippen molar-refractivity contribution in [1.82, 2.24) is 4.72 Å². The van der Waals surface area contributed by atoms with Crippen LogP contribution in [0.1, 0.15) is 25.0 Å². The van der Waals surface area contributed by atoms with Crippen LogP contribution in [-0.4, -0.2) is 26.9 Å². The van der Waals surface area contributed by atoms with Gasteiger partial charge in [-0.3, -0.25) is 4.79 Å². The van der Waals surface area contributed by atoms with Crippen LogP contribution in [0.15, 0.2) is 48.5 Å². The Bertz CT molecular complexity index is 926. The van der Waals surface area contributed by atoms with E-state index in [0.29, 0.717) is 12.1 Å². The molecule has 1 aliphatic rings. The lowest BCUT2D eigenvalue weighted by molar-refractivity contribution is -0.121. The quantitative estimate of drug-likeness (QED) is 0.825. The zero-order valence-electron chi connectivity index (χ0n) is 15.4. The molecule has 7 heteroatoms. The Hall–Kier alpha value is -2.25. The number of nitrogens with one attached hydrogen (secondary N) is 1. The number of sulfonamides is 1. The lowest BCUT2D eigenvalue weighted by Crippen LogP contribution is -2.51. The van der Waals surface area contributed by atoms with E-state index < -0.39 is 21.9 Å². The van der Waals surface area contributed by atoms with Gasteiger partial charge in [-0.15, -0.1) is 0 Å². The number of nitrogens with zero attached hydrogens (tertiary/aromatic N) is 1. The van der Waals surface area contributed by atoms with E-state index in [1.807, 2.05) is 38.1 Å². The van der Waals surface area contributed by atoms with Gasteiger partial charge in [0.2, 0.25) is 15.9 Å². The van der Waals surface area contributed by atoms with Gasteiger partial charge in [0.1, 0.15) is 11.9 Å². The average molecular weight is 390 g/mol. The van der Waals surface area contributed by atoms with Crippen molar-refractivity contribution in [2.75, 3.05) is 11.4 Å². The summed E-state index contributed by atoms with van der Waals surface area (Å²) in [6, 6.07) is 12.1. The van der Waals surface area contributed by atoms with Crippen LogP contribution in [0.3, 0.4) is 0 Å². The monoisotopic (exact) mass is 390 g/mol. The van der Waals surface area contributed by atoms with E-state index in [1.54, 1.807) is 4.90 Å². The van der Waals surface area contributed by atoms with Crippen molar-refractivity contribution in [3.05, 3.63) is 65.5 Å². The van der Waals surface area contributed by atoms with Crippen molar-refractivity contribution < 1.29 is 17.6 Å². The van der Waals surface area contributed by atoms with Crippen molar-refractivity contribution in [1.29, 1.82) is 0 Å². The molecule has 144 valence electrons. The van der Waals surface area contributed by atoms with Gasteiger partial charge in [0, 0.05) is 12.2 Å². The van der Waals surface area contributed by atoms with Gasteiger partial charge in [0.15, 0.2) is 0 Å². The Labute approximate surface area is 159 Å². The highest BCUT2D eigenvalue weighted by Gasteiger charge is 2.34. The van der Waals surface area contributed by atoms with E-state index in [0.717, 1.165) is 17.7 Å². The summed E-state index contributed by atoms with van der Waals surface area (Å²) in [5.74, 6) is -1.20. The van der Waals surface area contributed by atoms with Crippen LogP contribution in [0.2, 0.25) is 0 Å². The Kier molecular flexibility index (Phi) is 5.62. The van der Waals surface area contributed by atoms with Crippen molar-refractivity contribution in [2.24, 2.45) is 5.92 Å². The highest BCUT2D eigenvalue weighted by atomic mass is 32.2. The van der Waals surface area contributed by atoms with Gasteiger partial charge in [-0.05, 0) is 41.7 Å². The van der Waals surface area contributed by atoms with Crippen molar-refractivity contribution >= 4 is 21.6 Å². The molecule has 1 atom stereocenters. The van der Waals surface area contributed by atoms with E-state index >= 15 is 0 Å². The molecule has 0 spiro atoms. The fraction of sp³-hybridized carbons (Fsp3) is 0.350. The number of fused-ring (bicyclic) bond motifs is 1. The maximum absolute atomic E-state index is 13.1. The van der Waals surface area contributed by atoms with Crippen molar-refractivity contribution in [3.63, 3.8) is 0 Å². The Morgan fingerprint density at radius 2 is 1.81 bits per heavy atom.